The van der Waals surface area contributed by atoms with E-state index in [4.69, 9.17) is 0 Å². The van der Waals surface area contributed by atoms with Crippen molar-refractivity contribution in [2.45, 2.75) is 46.2 Å². The molecular weight excluding hydrogens is 445 g/mol. The zero-order chi connectivity index (χ0) is 24.6. The Morgan fingerprint density at radius 2 is 1.82 bits per heavy atom. The summed E-state index contributed by atoms with van der Waals surface area (Å²) < 4.78 is 40.0. The Labute approximate surface area is 195 Å². The standard InChI is InChI=1S/C24H32FN3O4S/c1-5-6-14-26-24(30)19(3)27(16-20-11-9-10-18(2)15-20)23(29)17-28(33(4,31)32)22-13-8-7-12-21(22)25/h7-13,15,19H,5-6,14,16-17H2,1-4H3,(H,26,30)/t19-/m0/s1. The highest BCUT2D eigenvalue weighted by Crippen LogP contribution is 2.22. The first-order valence-electron chi connectivity index (χ1n) is 10.9. The molecule has 0 bridgehead atoms. The topological polar surface area (TPSA) is 86.8 Å². The highest BCUT2D eigenvalue weighted by Gasteiger charge is 2.30. The number of nitrogens with one attached hydrogen (secondary N) is 1. The van der Waals surface area contributed by atoms with E-state index in [0.717, 1.165) is 40.6 Å². The summed E-state index contributed by atoms with van der Waals surface area (Å²) in [4.78, 5) is 27.4. The molecule has 0 unspecified atom stereocenters. The van der Waals surface area contributed by atoms with Gasteiger partial charge in [-0.3, -0.25) is 13.9 Å². The Morgan fingerprint density at radius 1 is 1.12 bits per heavy atom. The van der Waals surface area contributed by atoms with Gasteiger partial charge in [0.2, 0.25) is 21.8 Å². The van der Waals surface area contributed by atoms with Crippen LogP contribution >= 0.6 is 0 Å². The number of nitrogens with zero attached hydrogens (tertiary/aromatic N) is 2. The predicted molar refractivity (Wildman–Crippen MR) is 128 cm³/mol. The molecule has 0 spiro atoms. The van der Waals surface area contributed by atoms with Crippen molar-refractivity contribution in [1.82, 2.24) is 10.2 Å². The molecule has 7 nitrogen and oxygen atoms in total. The van der Waals surface area contributed by atoms with Gasteiger partial charge in [-0.15, -0.1) is 0 Å². The number of unbranched alkanes of at least 4 members (excludes halogenated alkanes) is 1. The van der Waals surface area contributed by atoms with Gasteiger partial charge in [0.15, 0.2) is 0 Å². The van der Waals surface area contributed by atoms with E-state index in [1.54, 1.807) is 6.92 Å². The number of amides is 2. The van der Waals surface area contributed by atoms with Crippen molar-refractivity contribution in [3.63, 3.8) is 0 Å². The summed E-state index contributed by atoms with van der Waals surface area (Å²) in [7, 11) is -3.97. The van der Waals surface area contributed by atoms with Crippen LogP contribution in [0.5, 0.6) is 0 Å². The maximum Gasteiger partial charge on any atom is 0.244 e. The molecule has 0 saturated carbocycles. The number of sulfonamides is 1. The fourth-order valence-electron chi connectivity index (χ4n) is 3.37. The van der Waals surface area contributed by atoms with Gasteiger partial charge in [-0.1, -0.05) is 55.3 Å². The van der Waals surface area contributed by atoms with Crippen molar-refractivity contribution in [1.29, 1.82) is 0 Å². The van der Waals surface area contributed by atoms with Crippen LogP contribution in [0.1, 0.15) is 37.8 Å². The van der Waals surface area contributed by atoms with E-state index in [1.165, 1.54) is 23.1 Å². The van der Waals surface area contributed by atoms with Gasteiger partial charge in [0.25, 0.3) is 0 Å². The lowest BCUT2D eigenvalue weighted by atomic mass is 10.1. The zero-order valence-electron chi connectivity index (χ0n) is 19.5. The lowest BCUT2D eigenvalue weighted by Crippen LogP contribution is -2.51. The summed E-state index contributed by atoms with van der Waals surface area (Å²) in [6.07, 6.45) is 2.63. The quantitative estimate of drug-likeness (QED) is 0.504. The van der Waals surface area contributed by atoms with Crippen molar-refractivity contribution in [3.8, 4) is 0 Å². The molecule has 9 heteroatoms. The Balaban J connectivity index is 2.36. The van der Waals surface area contributed by atoms with E-state index in [-0.39, 0.29) is 18.1 Å². The molecule has 33 heavy (non-hydrogen) atoms. The average Bonchev–Trinajstić information content (AvgIpc) is 2.75. The third kappa shape index (κ3) is 7.56. The lowest BCUT2D eigenvalue weighted by Gasteiger charge is -2.31. The molecule has 2 aromatic carbocycles. The Kier molecular flexibility index (Phi) is 9.40. The van der Waals surface area contributed by atoms with Crippen LogP contribution in [-0.4, -0.2) is 50.5 Å². The number of hydrogen-bond acceptors (Lipinski definition) is 4. The van der Waals surface area contributed by atoms with E-state index in [1.807, 2.05) is 38.1 Å². The Bertz CT molecular complexity index is 1070. The largest absolute Gasteiger partial charge is 0.354 e. The third-order valence-corrected chi connectivity index (χ3v) is 6.36. The van der Waals surface area contributed by atoms with Crippen LogP contribution in [0.3, 0.4) is 0 Å². The smallest absolute Gasteiger partial charge is 0.244 e. The van der Waals surface area contributed by atoms with Crippen molar-refractivity contribution in [2.24, 2.45) is 0 Å². The molecule has 180 valence electrons. The number of para-hydroxylation sites is 1. The molecular formula is C24H32FN3O4S. The minimum Gasteiger partial charge on any atom is -0.354 e. The van der Waals surface area contributed by atoms with Gasteiger partial charge in [-0.25, -0.2) is 12.8 Å². The normalized spacial score (nSPS) is 12.2. The maximum atomic E-state index is 14.4. The number of carbonyl (C=O) groups is 2. The fraction of sp³-hybridized carbons (Fsp3) is 0.417. The van der Waals surface area contributed by atoms with Gasteiger partial charge in [0.1, 0.15) is 18.4 Å². The SMILES string of the molecule is CCCCNC(=O)[C@H](C)N(Cc1cccc(C)c1)C(=O)CN(c1ccccc1F)S(C)(=O)=O. The second-order valence-electron chi connectivity index (χ2n) is 8.05. The summed E-state index contributed by atoms with van der Waals surface area (Å²) >= 11 is 0. The molecule has 0 saturated heterocycles. The van der Waals surface area contributed by atoms with Crippen LogP contribution in [-0.2, 0) is 26.2 Å². The molecule has 0 heterocycles. The summed E-state index contributed by atoms with van der Waals surface area (Å²) in [5, 5.41) is 2.82. The highest BCUT2D eigenvalue weighted by atomic mass is 32.2. The molecule has 0 aliphatic rings. The summed E-state index contributed by atoms with van der Waals surface area (Å²) in [5.41, 5.74) is 1.57. The van der Waals surface area contributed by atoms with Crippen LogP contribution in [0.25, 0.3) is 0 Å². The number of anilines is 1. The van der Waals surface area contributed by atoms with Gasteiger partial charge in [-0.05, 0) is 38.0 Å². The van der Waals surface area contributed by atoms with Crippen LogP contribution in [0.15, 0.2) is 48.5 Å². The molecule has 1 N–H and O–H groups in total. The number of rotatable bonds is 11. The predicted octanol–water partition coefficient (Wildman–Crippen LogP) is 3.23. The van der Waals surface area contributed by atoms with Crippen molar-refractivity contribution in [3.05, 3.63) is 65.5 Å². The minimum absolute atomic E-state index is 0.109. The first-order chi connectivity index (χ1) is 15.5. The molecule has 0 aliphatic heterocycles. The molecule has 0 fully saturated rings. The van der Waals surface area contributed by atoms with Crippen molar-refractivity contribution in [2.75, 3.05) is 23.7 Å². The molecule has 2 rings (SSSR count). The third-order valence-electron chi connectivity index (χ3n) is 5.23. The summed E-state index contributed by atoms with van der Waals surface area (Å²) in [6.45, 7) is 5.49. The number of halogens is 1. The monoisotopic (exact) mass is 477 g/mol. The molecule has 2 amide bonds. The minimum atomic E-state index is -3.97. The number of carbonyl (C=O) groups excluding carboxylic acids is 2. The molecule has 0 aromatic heterocycles. The van der Waals surface area contributed by atoms with Gasteiger partial charge < -0.3 is 10.2 Å². The first kappa shape index (κ1) is 26.3. The average molecular weight is 478 g/mol. The van der Waals surface area contributed by atoms with Crippen LogP contribution in [0, 0.1) is 12.7 Å². The van der Waals surface area contributed by atoms with Crippen molar-refractivity contribution < 1.29 is 22.4 Å². The Hall–Kier alpha value is -2.94. The van der Waals surface area contributed by atoms with Crippen molar-refractivity contribution >= 4 is 27.5 Å². The van der Waals surface area contributed by atoms with E-state index in [0.29, 0.717) is 6.54 Å². The summed E-state index contributed by atoms with van der Waals surface area (Å²) in [5.74, 6) is -1.70. The molecule has 1 atom stereocenters. The van der Waals surface area contributed by atoms with Gasteiger partial charge in [-0.2, -0.15) is 0 Å². The highest BCUT2D eigenvalue weighted by molar-refractivity contribution is 7.92. The maximum absolute atomic E-state index is 14.4. The summed E-state index contributed by atoms with van der Waals surface area (Å²) in [6, 6.07) is 12.0. The van der Waals surface area contributed by atoms with Gasteiger partial charge >= 0.3 is 0 Å². The van der Waals surface area contributed by atoms with E-state index >= 15 is 0 Å². The van der Waals surface area contributed by atoms with E-state index in [9.17, 15) is 22.4 Å². The fourth-order valence-corrected chi connectivity index (χ4v) is 4.22. The van der Waals surface area contributed by atoms with E-state index in [2.05, 4.69) is 5.32 Å². The molecule has 0 aliphatic carbocycles. The van der Waals surface area contributed by atoms with E-state index < -0.39 is 34.3 Å². The molecule has 0 radical (unpaired) electrons. The second kappa shape index (κ2) is 11.8. The second-order valence-corrected chi connectivity index (χ2v) is 9.96. The van der Waals surface area contributed by atoms with Gasteiger partial charge in [0.05, 0.1) is 11.9 Å². The van der Waals surface area contributed by atoms with Crippen LogP contribution < -0.4 is 9.62 Å². The lowest BCUT2D eigenvalue weighted by molar-refractivity contribution is -0.139. The van der Waals surface area contributed by atoms with Gasteiger partial charge in [0, 0.05) is 13.1 Å². The number of aryl methyl sites for hydroxylation is 1. The molecule has 2 aromatic rings. The number of hydrogen-bond donors (Lipinski definition) is 1. The number of benzene rings is 2. The Morgan fingerprint density at radius 3 is 2.42 bits per heavy atom. The first-order valence-corrected chi connectivity index (χ1v) is 12.7. The van der Waals surface area contributed by atoms with Crippen LogP contribution in [0.2, 0.25) is 0 Å². The zero-order valence-corrected chi connectivity index (χ0v) is 20.4. The van der Waals surface area contributed by atoms with Crippen LogP contribution in [0.4, 0.5) is 10.1 Å².